The second-order valence-electron chi connectivity index (χ2n) is 5.99. The lowest BCUT2D eigenvalue weighted by Crippen LogP contribution is -2.25. The molecule has 0 aliphatic rings. The van der Waals surface area contributed by atoms with E-state index in [1.54, 1.807) is 0 Å². The smallest absolute Gasteiger partial charge is 0.231 e. The van der Waals surface area contributed by atoms with Crippen LogP contribution in [0.15, 0.2) is 58.2 Å². The number of aromatic nitrogens is 3. The van der Waals surface area contributed by atoms with E-state index >= 15 is 0 Å². The summed E-state index contributed by atoms with van der Waals surface area (Å²) < 4.78 is 8.46. The number of thioether (sulfide) groups is 1. The predicted octanol–water partition coefficient (Wildman–Crippen LogP) is 4.45. The van der Waals surface area contributed by atoms with E-state index in [1.807, 2.05) is 66.9 Å². The minimum Gasteiger partial charge on any atom is -0.494 e. The molecule has 3 aromatic rings. The monoisotopic (exact) mass is 460 g/mol. The number of benzene rings is 2. The van der Waals surface area contributed by atoms with E-state index in [1.165, 1.54) is 11.8 Å². The molecule has 1 unspecified atom stereocenters. The largest absolute Gasteiger partial charge is 0.494 e. The molecule has 1 aromatic heterocycles. The lowest BCUT2D eigenvalue weighted by molar-refractivity contribution is -0.117. The number of primary amides is 1. The molecule has 0 radical (unpaired) electrons. The fourth-order valence-corrected chi connectivity index (χ4v) is 3.88. The van der Waals surface area contributed by atoms with Crippen LogP contribution in [0, 0.1) is 0 Å². The molecule has 0 bridgehead atoms. The number of hydrogen-bond acceptors (Lipinski definition) is 5. The van der Waals surface area contributed by atoms with Crippen LogP contribution in [0.5, 0.6) is 5.75 Å². The van der Waals surface area contributed by atoms with Gasteiger partial charge in [0.15, 0.2) is 11.0 Å². The van der Waals surface area contributed by atoms with Gasteiger partial charge in [-0.2, -0.15) is 0 Å². The summed E-state index contributed by atoms with van der Waals surface area (Å²) in [5.41, 5.74) is 7.34. The van der Waals surface area contributed by atoms with Gasteiger partial charge >= 0.3 is 0 Å². The standard InChI is InChI=1S/C20H21BrN4O2S/c1-3-17(18(22)26)28-20-24-23-19(13-5-7-14(21)8-6-13)25(20)15-9-11-16(12-10-15)27-4-2/h5-12,17H,3-4H2,1-2H3,(H2,22,26). The summed E-state index contributed by atoms with van der Waals surface area (Å²) in [5.74, 6) is 1.12. The number of rotatable bonds is 8. The molecular formula is C20H21BrN4O2S. The van der Waals surface area contributed by atoms with Crippen LogP contribution in [0.4, 0.5) is 0 Å². The Hall–Kier alpha value is -2.32. The molecule has 28 heavy (non-hydrogen) atoms. The van der Waals surface area contributed by atoms with Crippen molar-refractivity contribution in [1.29, 1.82) is 0 Å². The average Bonchev–Trinajstić information content (AvgIpc) is 3.11. The fraction of sp³-hybridized carbons (Fsp3) is 0.250. The van der Waals surface area contributed by atoms with Gasteiger partial charge in [0, 0.05) is 15.7 Å². The molecule has 3 rings (SSSR count). The first kappa shape index (κ1) is 20.4. The van der Waals surface area contributed by atoms with E-state index in [2.05, 4.69) is 26.1 Å². The molecular weight excluding hydrogens is 440 g/mol. The Bertz CT molecular complexity index is 942. The molecule has 0 aliphatic carbocycles. The molecule has 1 atom stereocenters. The topological polar surface area (TPSA) is 83.0 Å². The van der Waals surface area contributed by atoms with Crippen LogP contribution in [0.25, 0.3) is 17.1 Å². The minimum atomic E-state index is -0.372. The van der Waals surface area contributed by atoms with Gasteiger partial charge in [0.2, 0.25) is 5.91 Å². The molecule has 0 saturated carbocycles. The van der Waals surface area contributed by atoms with Gasteiger partial charge in [-0.15, -0.1) is 10.2 Å². The van der Waals surface area contributed by atoms with Crippen molar-refractivity contribution < 1.29 is 9.53 Å². The van der Waals surface area contributed by atoms with Crippen LogP contribution in [0.3, 0.4) is 0 Å². The summed E-state index contributed by atoms with van der Waals surface area (Å²) in [6.45, 7) is 4.48. The number of hydrogen-bond donors (Lipinski definition) is 1. The Kier molecular flexibility index (Phi) is 6.74. The highest BCUT2D eigenvalue weighted by Gasteiger charge is 2.22. The van der Waals surface area contributed by atoms with Crippen molar-refractivity contribution >= 4 is 33.6 Å². The van der Waals surface area contributed by atoms with E-state index in [9.17, 15) is 4.79 Å². The Morgan fingerprint density at radius 1 is 1.14 bits per heavy atom. The molecule has 146 valence electrons. The lowest BCUT2D eigenvalue weighted by Gasteiger charge is -2.14. The van der Waals surface area contributed by atoms with Crippen molar-refractivity contribution in [2.75, 3.05) is 6.61 Å². The Balaban J connectivity index is 2.08. The first-order valence-corrected chi connectivity index (χ1v) is 10.6. The zero-order valence-electron chi connectivity index (χ0n) is 15.6. The summed E-state index contributed by atoms with van der Waals surface area (Å²) in [5, 5.41) is 8.98. The number of nitrogens with zero attached hydrogens (tertiary/aromatic N) is 3. The van der Waals surface area contributed by atoms with Gasteiger partial charge in [-0.1, -0.05) is 46.7 Å². The van der Waals surface area contributed by atoms with Crippen LogP contribution in [0.1, 0.15) is 20.3 Å². The molecule has 6 nitrogen and oxygen atoms in total. The maximum Gasteiger partial charge on any atom is 0.231 e. The highest BCUT2D eigenvalue weighted by Crippen LogP contribution is 2.32. The number of ether oxygens (including phenoxy) is 1. The minimum absolute atomic E-state index is 0.362. The zero-order valence-corrected chi connectivity index (χ0v) is 18.0. The zero-order chi connectivity index (χ0) is 20.1. The SMILES string of the molecule is CCOc1ccc(-n2c(SC(CC)C(N)=O)nnc2-c2ccc(Br)cc2)cc1. The Morgan fingerprint density at radius 2 is 1.82 bits per heavy atom. The van der Waals surface area contributed by atoms with Gasteiger partial charge in [-0.05, 0) is 49.7 Å². The number of amides is 1. The lowest BCUT2D eigenvalue weighted by atomic mass is 10.2. The van der Waals surface area contributed by atoms with Crippen LogP contribution in [-0.2, 0) is 4.79 Å². The number of carbonyl (C=O) groups is 1. The van der Waals surface area contributed by atoms with Crippen LogP contribution in [-0.4, -0.2) is 32.5 Å². The maximum absolute atomic E-state index is 11.7. The van der Waals surface area contributed by atoms with E-state index in [4.69, 9.17) is 10.5 Å². The van der Waals surface area contributed by atoms with Gasteiger partial charge in [0.05, 0.1) is 11.9 Å². The maximum atomic E-state index is 11.7. The predicted molar refractivity (Wildman–Crippen MR) is 115 cm³/mol. The third-order valence-corrected chi connectivity index (χ3v) is 5.93. The average molecular weight is 461 g/mol. The second-order valence-corrected chi connectivity index (χ2v) is 8.08. The van der Waals surface area contributed by atoms with Crippen molar-refractivity contribution in [3.63, 3.8) is 0 Å². The number of carbonyl (C=O) groups excluding carboxylic acids is 1. The van der Waals surface area contributed by atoms with Crippen LogP contribution in [0.2, 0.25) is 0 Å². The first-order valence-electron chi connectivity index (χ1n) is 8.94. The van der Waals surface area contributed by atoms with Crippen LogP contribution < -0.4 is 10.5 Å². The molecule has 8 heteroatoms. The Labute approximate surface area is 176 Å². The van der Waals surface area contributed by atoms with Gasteiger partial charge < -0.3 is 10.5 Å². The molecule has 1 amide bonds. The molecule has 2 aromatic carbocycles. The van der Waals surface area contributed by atoms with Crippen molar-refractivity contribution in [3.8, 4) is 22.8 Å². The highest BCUT2D eigenvalue weighted by molar-refractivity contribution is 9.10. The van der Waals surface area contributed by atoms with Gasteiger partial charge in [0.1, 0.15) is 5.75 Å². The normalized spacial score (nSPS) is 12.0. The number of nitrogens with two attached hydrogens (primary N) is 1. The summed E-state index contributed by atoms with van der Waals surface area (Å²) >= 11 is 4.78. The fourth-order valence-electron chi connectivity index (χ4n) is 2.69. The summed E-state index contributed by atoms with van der Waals surface area (Å²) in [6, 6.07) is 15.6. The third-order valence-electron chi connectivity index (χ3n) is 4.08. The van der Waals surface area contributed by atoms with Crippen molar-refractivity contribution in [3.05, 3.63) is 53.0 Å². The van der Waals surface area contributed by atoms with Crippen LogP contribution >= 0.6 is 27.7 Å². The molecule has 2 N–H and O–H groups in total. The van der Waals surface area contributed by atoms with E-state index in [-0.39, 0.29) is 11.2 Å². The third kappa shape index (κ3) is 4.56. The second kappa shape index (κ2) is 9.25. The molecule has 0 spiro atoms. The van der Waals surface area contributed by atoms with Gasteiger partial charge in [-0.25, -0.2) is 0 Å². The summed E-state index contributed by atoms with van der Waals surface area (Å²) in [4.78, 5) is 11.7. The summed E-state index contributed by atoms with van der Waals surface area (Å²) in [6.07, 6.45) is 0.615. The highest BCUT2D eigenvalue weighted by atomic mass is 79.9. The van der Waals surface area contributed by atoms with Crippen molar-refractivity contribution in [2.24, 2.45) is 5.73 Å². The van der Waals surface area contributed by atoms with E-state index < -0.39 is 0 Å². The first-order chi connectivity index (χ1) is 13.5. The van der Waals surface area contributed by atoms with E-state index in [0.717, 1.165) is 21.5 Å². The molecule has 0 fully saturated rings. The quantitative estimate of drug-likeness (QED) is 0.501. The molecule has 1 heterocycles. The molecule has 0 aliphatic heterocycles. The van der Waals surface area contributed by atoms with Gasteiger partial charge in [0.25, 0.3) is 0 Å². The van der Waals surface area contributed by atoms with E-state index in [0.29, 0.717) is 24.0 Å². The Morgan fingerprint density at radius 3 is 2.39 bits per heavy atom. The van der Waals surface area contributed by atoms with Gasteiger partial charge in [-0.3, -0.25) is 9.36 Å². The number of halogens is 1. The van der Waals surface area contributed by atoms with Crippen molar-refractivity contribution in [2.45, 2.75) is 30.7 Å². The summed E-state index contributed by atoms with van der Waals surface area (Å²) in [7, 11) is 0. The van der Waals surface area contributed by atoms with Crippen molar-refractivity contribution in [1.82, 2.24) is 14.8 Å². The molecule has 0 saturated heterocycles.